The van der Waals surface area contributed by atoms with Crippen molar-refractivity contribution in [3.05, 3.63) is 63.6 Å². The molecule has 0 aliphatic rings. The van der Waals surface area contributed by atoms with Gasteiger partial charge < -0.3 is 5.32 Å². The molecular weight excluding hydrogens is 269 g/mol. The van der Waals surface area contributed by atoms with Crippen LogP contribution in [0.15, 0.2) is 42.5 Å². The fraction of sp³-hybridized carbons (Fsp3) is 0.0714. The lowest BCUT2D eigenvalue weighted by atomic mass is 10.2. The van der Waals surface area contributed by atoms with E-state index < -0.39 is 0 Å². The van der Waals surface area contributed by atoms with Crippen molar-refractivity contribution < 1.29 is 4.79 Å². The Labute approximate surface area is 116 Å². The van der Waals surface area contributed by atoms with Crippen LogP contribution in [0.1, 0.15) is 15.9 Å². The number of amides is 1. The number of anilines is 1. The van der Waals surface area contributed by atoms with Gasteiger partial charge in [0.25, 0.3) is 5.91 Å². The van der Waals surface area contributed by atoms with E-state index in [9.17, 15) is 4.79 Å². The fourth-order valence-electron chi connectivity index (χ4n) is 1.53. The van der Waals surface area contributed by atoms with Crippen molar-refractivity contribution in [2.75, 3.05) is 5.32 Å². The van der Waals surface area contributed by atoms with Crippen molar-refractivity contribution >= 4 is 34.8 Å². The highest BCUT2D eigenvalue weighted by Gasteiger charge is 2.08. The molecular formula is C14H11Cl2NO. The van der Waals surface area contributed by atoms with Gasteiger partial charge in [-0.05, 0) is 37.3 Å². The maximum absolute atomic E-state index is 12.0. The highest BCUT2D eigenvalue weighted by molar-refractivity contribution is 6.35. The van der Waals surface area contributed by atoms with E-state index in [0.29, 0.717) is 15.6 Å². The van der Waals surface area contributed by atoms with Gasteiger partial charge in [-0.3, -0.25) is 4.79 Å². The zero-order chi connectivity index (χ0) is 13.1. The smallest absolute Gasteiger partial charge is 0.255 e. The first kappa shape index (κ1) is 12.9. The standard InChI is InChI=1S/C14H11Cl2NO/c1-9-2-4-13(5-3-9)17-14(18)10-6-11(15)8-12(16)7-10/h2-8H,1H3,(H,17,18). The SMILES string of the molecule is Cc1ccc(NC(=O)c2cc(Cl)cc(Cl)c2)cc1. The van der Waals surface area contributed by atoms with E-state index in [0.717, 1.165) is 11.3 Å². The number of benzene rings is 2. The molecule has 2 rings (SSSR count). The Morgan fingerprint density at radius 1 is 1.00 bits per heavy atom. The van der Waals surface area contributed by atoms with Gasteiger partial charge in [-0.1, -0.05) is 40.9 Å². The summed E-state index contributed by atoms with van der Waals surface area (Å²) in [5.41, 5.74) is 2.31. The summed E-state index contributed by atoms with van der Waals surface area (Å²) in [5.74, 6) is -0.233. The maximum Gasteiger partial charge on any atom is 0.255 e. The third kappa shape index (κ3) is 3.25. The highest BCUT2D eigenvalue weighted by Crippen LogP contribution is 2.20. The third-order valence-electron chi connectivity index (χ3n) is 2.43. The molecule has 2 aromatic rings. The number of rotatable bonds is 2. The summed E-state index contributed by atoms with van der Waals surface area (Å²) in [6.45, 7) is 1.99. The minimum Gasteiger partial charge on any atom is -0.322 e. The second-order valence-corrected chi connectivity index (χ2v) is 4.85. The summed E-state index contributed by atoms with van der Waals surface area (Å²) < 4.78 is 0. The van der Waals surface area contributed by atoms with Crippen LogP contribution < -0.4 is 5.32 Å². The molecule has 1 N–H and O–H groups in total. The second-order valence-electron chi connectivity index (χ2n) is 3.98. The lowest BCUT2D eigenvalue weighted by Crippen LogP contribution is -2.11. The van der Waals surface area contributed by atoms with Crippen molar-refractivity contribution in [3.8, 4) is 0 Å². The molecule has 18 heavy (non-hydrogen) atoms. The van der Waals surface area contributed by atoms with Crippen molar-refractivity contribution in [2.45, 2.75) is 6.92 Å². The molecule has 0 atom stereocenters. The normalized spacial score (nSPS) is 10.2. The minimum atomic E-state index is -0.233. The highest BCUT2D eigenvalue weighted by atomic mass is 35.5. The molecule has 4 heteroatoms. The lowest BCUT2D eigenvalue weighted by molar-refractivity contribution is 0.102. The van der Waals surface area contributed by atoms with E-state index >= 15 is 0 Å². The van der Waals surface area contributed by atoms with E-state index in [4.69, 9.17) is 23.2 Å². The summed E-state index contributed by atoms with van der Waals surface area (Å²) in [5, 5.41) is 3.67. The van der Waals surface area contributed by atoms with Crippen LogP contribution in [0, 0.1) is 6.92 Å². The molecule has 0 saturated carbocycles. The van der Waals surface area contributed by atoms with Crippen molar-refractivity contribution in [1.82, 2.24) is 0 Å². The van der Waals surface area contributed by atoms with E-state index in [2.05, 4.69) is 5.32 Å². The van der Waals surface area contributed by atoms with Gasteiger partial charge in [-0.15, -0.1) is 0 Å². The van der Waals surface area contributed by atoms with Gasteiger partial charge in [0.2, 0.25) is 0 Å². The molecule has 0 aromatic heterocycles. The van der Waals surface area contributed by atoms with Gasteiger partial charge in [0.05, 0.1) is 0 Å². The molecule has 0 aliphatic carbocycles. The first-order valence-electron chi connectivity index (χ1n) is 5.39. The van der Waals surface area contributed by atoms with Crippen LogP contribution in [0.2, 0.25) is 10.0 Å². The van der Waals surface area contributed by atoms with Crippen molar-refractivity contribution in [2.24, 2.45) is 0 Å². The summed E-state index contributed by atoms with van der Waals surface area (Å²) in [7, 11) is 0. The molecule has 0 unspecified atom stereocenters. The Morgan fingerprint density at radius 3 is 2.11 bits per heavy atom. The fourth-order valence-corrected chi connectivity index (χ4v) is 2.05. The van der Waals surface area contributed by atoms with Crippen molar-refractivity contribution in [3.63, 3.8) is 0 Å². The molecule has 1 amide bonds. The largest absolute Gasteiger partial charge is 0.322 e. The van der Waals surface area contributed by atoms with E-state index in [1.54, 1.807) is 18.2 Å². The molecule has 2 nitrogen and oxygen atoms in total. The Balaban J connectivity index is 2.19. The van der Waals surface area contributed by atoms with Crippen LogP contribution >= 0.6 is 23.2 Å². The summed E-state index contributed by atoms with van der Waals surface area (Å²) >= 11 is 11.7. The van der Waals surface area contributed by atoms with Crippen LogP contribution in [0.4, 0.5) is 5.69 Å². The average Bonchev–Trinajstić information content (AvgIpc) is 2.31. The number of aryl methyl sites for hydroxylation is 1. The summed E-state index contributed by atoms with van der Waals surface area (Å²) in [6.07, 6.45) is 0. The molecule has 0 radical (unpaired) electrons. The monoisotopic (exact) mass is 279 g/mol. The van der Waals surface area contributed by atoms with Gasteiger partial charge in [0, 0.05) is 21.3 Å². The van der Waals surface area contributed by atoms with E-state index in [1.807, 2.05) is 31.2 Å². The molecule has 0 saturated heterocycles. The predicted octanol–water partition coefficient (Wildman–Crippen LogP) is 4.55. The maximum atomic E-state index is 12.0. The number of hydrogen-bond acceptors (Lipinski definition) is 1. The Morgan fingerprint density at radius 2 is 1.56 bits per heavy atom. The first-order chi connectivity index (χ1) is 8.54. The number of nitrogens with one attached hydrogen (secondary N) is 1. The molecule has 0 fully saturated rings. The second kappa shape index (κ2) is 5.42. The molecule has 92 valence electrons. The van der Waals surface area contributed by atoms with Crippen LogP contribution in [0.3, 0.4) is 0 Å². The first-order valence-corrected chi connectivity index (χ1v) is 6.14. The molecule has 0 aliphatic heterocycles. The van der Waals surface area contributed by atoms with Gasteiger partial charge in [0.15, 0.2) is 0 Å². The van der Waals surface area contributed by atoms with Gasteiger partial charge >= 0.3 is 0 Å². The molecule has 2 aromatic carbocycles. The van der Waals surface area contributed by atoms with Crippen LogP contribution in [-0.2, 0) is 0 Å². The van der Waals surface area contributed by atoms with Gasteiger partial charge in [-0.25, -0.2) is 0 Å². The van der Waals surface area contributed by atoms with E-state index in [1.165, 1.54) is 0 Å². The van der Waals surface area contributed by atoms with Gasteiger partial charge in [0.1, 0.15) is 0 Å². The molecule has 0 spiro atoms. The quantitative estimate of drug-likeness (QED) is 0.858. The van der Waals surface area contributed by atoms with Crippen molar-refractivity contribution in [1.29, 1.82) is 0 Å². The van der Waals surface area contributed by atoms with Crippen LogP contribution in [0.5, 0.6) is 0 Å². The van der Waals surface area contributed by atoms with Crippen LogP contribution in [0.25, 0.3) is 0 Å². The molecule has 0 bridgehead atoms. The number of halogens is 2. The predicted molar refractivity (Wildman–Crippen MR) is 75.6 cm³/mol. The number of carbonyl (C=O) groups is 1. The topological polar surface area (TPSA) is 29.1 Å². The van der Waals surface area contributed by atoms with Gasteiger partial charge in [-0.2, -0.15) is 0 Å². The Kier molecular flexibility index (Phi) is 3.90. The van der Waals surface area contributed by atoms with E-state index in [-0.39, 0.29) is 5.91 Å². The third-order valence-corrected chi connectivity index (χ3v) is 2.87. The van der Waals surface area contributed by atoms with Crippen LogP contribution in [-0.4, -0.2) is 5.91 Å². The lowest BCUT2D eigenvalue weighted by Gasteiger charge is -2.06. The summed E-state index contributed by atoms with van der Waals surface area (Å²) in [6, 6.07) is 12.3. The summed E-state index contributed by atoms with van der Waals surface area (Å²) in [4.78, 5) is 12.0. The average molecular weight is 280 g/mol. The number of hydrogen-bond donors (Lipinski definition) is 1. The molecule has 0 heterocycles. The zero-order valence-electron chi connectivity index (χ0n) is 9.71. The minimum absolute atomic E-state index is 0.233. The Hall–Kier alpha value is -1.51. The Bertz CT molecular complexity index is 559. The zero-order valence-corrected chi connectivity index (χ0v) is 11.2. The number of carbonyl (C=O) groups excluding carboxylic acids is 1.